The Labute approximate surface area is 179 Å². The Bertz CT molecular complexity index is 865. The Balaban J connectivity index is 1.88. The summed E-state index contributed by atoms with van der Waals surface area (Å²) in [6.07, 6.45) is 0.964. The SMILES string of the molecule is COc1cc2c(cc1OC)[C@H](CNC(=O)NC(C)C)[NH+](Cc1ccc(C)cc1)CC2. The lowest BCUT2D eigenvalue weighted by molar-refractivity contribution is -0.945. The molecule has 0 aromatic heterocycles. The summed E-state index contributed by atoms with van der Waals surface area (Å²) >= 11 is 0. The van der Waals surface area contributed by atoms with Gasteiger partial charge >= 0.3 is 6.03 Å². The molecule has 3 N–H and O–H groups in total. The van der Waals surface area contributed by atoms with Crippen molar-refractivity contribution in [2.24, 2.45) is 0 Å². The molecule has 0 fully saturated rings. The first-order chi connectivity index (χ1) is 14.4. The Morgan fingerprint density at radius 3 is 2.43 bits per heavy atom. The summed E-state index contributed by atoms with van der Waals surface area (Å²) in [5.41, 5.74) is 5.04. The zero-order valence-corrected chi connectivity index (χ0v) is 18.7. The van der Waals surface area contributed by atoms with Crippen molar-refractivity contribution in [1.82, 2.24) is 10.6 Å². The zero-order valence-electron chi connectivity index (χ0n) is 18.7. The molecule has 1 aliphatic rings. The Morgan fingerprint density at radius 1 is 1.13 bits per heavy atom. The van der Waals surface area contributed by atoms with Gasteiger partial charge in [0, 0.05) is 23.6 Å². The van der Waals surface area contributed by atoms with E-state index in [1.165, 1.54) is 27.2 Å². The van der Waals surface area contributed by atoms with Crippen LogP contribution in [0.1, 0.15) is 42.1 Å². The molecule has 1 heterocycles. The van der Waals surface area contributed by atoms with Crippen molar-refractivity contribution in [2.75, 3.05) is 27.3 Å². The minimum atomic E-state index is -0.132. The van der Waals surface area contributed by atoms with Crippen LogP contribution in [0, 0.1) is 6.92 Å². The smallest absolute Gasteiger partial charge is 0.315 e. The van der Waals surface area contributed by atoms with E-state index in [1.807, 2.05) is 13.8 Å². The number of fused-ring (bicyclic) bond motifs is 1. The van der Waals surface area contributed by atoms with Crippen LogP contribution in [0.3, 0.4) is 0 Å². The van der Waals surface area contributed by atoms with E-state index in [0.717, 1.165) is 31.0 Å². The Hall–Kier alpha value is -2.73. The second kappa shape index (κ2) is 9.85. The predicted octanol–water partition coefficient (Wildman–Crippen LogP) is 2.40. The third-order valence-corrected chi connectivity index (χ3v) is 5.67. The number of carbonyl (C=O) groups excluding carboxylic acids is 1. The molecule has 0 spiro atoms. The van der Waals surface area contributed by atoms with Gasteiger partial charge in [0.1, 0.15) is 12.6 Å². The van der Waals surface area contributed by atoms with Gasteiger partial charge in [-0.1, -0.05) is 29.8 Å². The van der Waals surface area contributed by atoms with Crippen LogP contribution in [0.2, 0.25) is 0 Å². The molecule has 6 nitrogen and oxygen atoms in total. The lowest BCUT2D eigenvalue weighted by Gasteiger charge is -2.35. The number of rotatable bonds is 7. The van der Waals surface area contributed by atoms with Crippen LogP contribution in [0.5, 0.6) is 11.5 Å². The fourth-order valence-electron chi connectivity index (χ4n) is 4.11. The number of quaternary nitrogens is 1. The highest BCUT2D eigenvalue weighted by atomic mass is 16.5. The van der Waals surface area contributed by atoms with Gasteiger partial charge in [-0.2, -0.15) is 0 Å². The highest BCUT2D eigenvalue weighted by molar-refractivity contribution is 5.74. The van der Waals surface area contributed by atoms with E-state index in [9.17, 15) is 4.79 Å². The molecule has 0 aliphatic carbocycles. The molecule has 30 heavy (non-hydrogen) atoms. The summed E-state index contributed by atoms with van der Waals surface area (Å²) in [6, 6.07) is 13.0. The fraction of sp³-hybridized carbons (Fsp3) is 0.458. The van der Waals surface area contributed by atoms with E-state index in [0.29, 0.717) is 6.54 Å². The van der Waals surface area contributed by atoms with E-state index in [2.05, 4.69) is 54.0 Å². The average molecular weight is 413 g/mol. The predicted molar refractivity (Wildman–Crippen MR) is 118 cm³/mol. The van der Waals surface area contributed by atoms with Crippen LogP contribution in [0.25, 0.3) is 0 Å². The molecule has 2 amide bonds. The van der Waals surface area contributed by atoms with Gasteiger partial charge in [-0.25, -0.2) is 4.79 Å². The van der Waals surface area contributed by atoms with Gasteiger partial charge in [-0.15, -0.1) is 0 Å². The summed E-state index contributed by atoms with van der Waals surface area (Å²) in [5, 5.41) is 5.99. The molecule has 0 saturated heterocycles. The lowest BCUT2D eigenvalue weighted by atomic mass is 9.91. The van der Waals surface area contributed by atoms with Crippen molar-refractivity contribution in [3.63, 3.8) is 0 Å². The first-order valence-corrected chi connectivity index (χ1v) is 10.6. The maximum atomic E-state index is 12.3. The third kappa shape index (κ3) is 5.25. The summed E-state index contributed by atoms with van der Waals surface area (Å²) in [6.45, 7) is 8.49. The average Bonchev–Trinajstić information content (AvgIpc) is 2.72. The van der Waals surface area contributed by atoms with E-state index >= 15 is 0 Å². The number of aryl methyl sites for hydroxylation is 1. The molecule has 0 saturated carbocycles. The second-order valence-electron chi connectivity index (χ2n) is 8.29. The van der Waals surface area contributed by atoms with E-state index < -0.39 is 0 Å². The highest BCUT2D eigenvalue weighted by Crippen LogP contribution is 2.34. The summed E-state index contributed by atoms with van der Waals surface area (Å²) in [7, 11) is 3.32. The third-order valence-electron chi connectivity index (χ3n) is 5.67. The number of benzene rings is 2. The van der Waals surface area contributed by atoms with Crippen molar-refractivity contribution in [3.8, 4) is 11.5 Å². The quantitative estimate of drug-likeness (QED) is 0.654. The largest absolute Gasteiger partial charge is 0.493 e. The normalized spacial score (nSPS) is 17.9. The Morgan fingerprint density at radius 2 is 1.80 bits per heavy atom. The lowest BCUT2D eigenvalue weighted by Crippen LogP contribution is -3.12. The van der Waals surface area contributed by atoms with Crippen molar-refractivity contribution >= 4 is 6.03 Å². The van der Waals surface area contributed by atoms with Crippen LogP contribution in [0.15, 0.2) is 36.4 Å². The number of methoxy groups -OCH3 is 2. The number of hydrogen-bond acceptors (Lipinski definition) is 3. The molecule has 2 aromatic carbocycles. The second-order valence-corrected chi connectivity index (χ2v) is 8.29. The number of hydrogen-bond donors (Lipinski definition) is 3. The van der Waals surface area contributed by atoms with Gasteiger partial charge in [0.05, 0.1) is 27.3 Å². The minimum Gasteiger partial charge on any atom is -0.493 e. The number of amides is 2. The number of ether oxygens (including phenoxy) is 2. The van der Waals surface area contributed by atoms with E-state index in [1.54, 1.807) is 14.2 Å². The maximum Gasteiger partial charge on any atom is 0.315 e. The van der Waals surface area contributed by atoms with Crippen LogP contribution < -0.4 is 25.0 Å². The first kappa shape index (κ1) is 22.0. The van der Waals surface area contributed by atoms with Gasteiger partial charge in [0.15, 0.2) is 11.5 Å². The maximum absolute atomic E-state index is 12.3. The van der Waals surface area contributed by atoms with E-state index in [4.69, 9.17) is 9.47 Å². The van der Waals surface area contributed by atoms with Crippen LogP contribution in [0.4, 0.5) is 4.79 Å². The first-order valence-electron chi connectivity index (χ1n) is 10.6. The number of urea groups is 1. The van der Waals surface area contributed by atoms with Gasteiger partial charge in [0.25, 0.3) is 0 Å². The topological polar surface area (TPSA) is 64.0 Å². The summed E-state index contributed by atoms with van der Waals surface area (Å²) in [4.78, 5) is 13.7. The van der Waals surface area contributed by atoms with Gasteiger partial charge in [0.2, 0.25) is 0 Å². The number of nitrogens with one attached hydrogen (secondary N) is 3. The van der Waals surface area contributed by atoms with Crippen molar-refractivity contribution in [1.29, 1.82) is 0 Å². The molecule has 0 radical (unpaired) electrons. The molecule has 0 bridgehead atoms. The van der Waals surface area contributed by atoms with E-state index in [-0.39, 0.29) is 18.1 Å². The van der Waals surface area contributed by atoms with Gasteiger partial charge in [-0.3, -0.25) is 0 Å². The van der Waals surface area contributed by atoms with Crippen LogP contribution in [-0.4, -0.2) is 39.4 Å². The molecule has 1 aliphatic heterocycles. The van der Waals surface area contributed by atoms with Gasteiger partial charge in [-0.05, 0) is 38.5 Å². The number of carbonyl (C=O) groups is 1. The molecule has 1 unspecified atom stereocenters. The molecule has 6 heteroatoms. The minimum absolute atomic E-state index is 0.101. The molecular weight excluding hydrogens is 378 g/mol. The molecule has 162 valence electrons. The summed E-state index contributed by atoms with van der Waals surface area (Å²) < 4.78 is 11.1. The molecular formula is C24H34N3O3+. The zero-order chi connectivity index (χ0) is 21.7. The standard InChI is InChI=1S/C24H33N3O3/c1-16(2)26-24(28)25-14-21-20-13-23(30-5)22(29-4)12-19(20)10-11-27(21)15-18-8-6-17(3)7-9-18/h6-9,12-13,16,21H,10-11,14-15H2,1-5H3,(H2,25,26,28)/p+1/t21-/m0/s1. The summed E-state index contributed by atoms with van der Waals surface area (Å²) in [5.74, 6) is 1.48. The van der Waals surface area contributed by atoms with Gasteiger partial charge < -0.3 is 25.0 Å². The fourth-order valence-corrected chi connectivity index (χ4v) is 4.11. The van der Waals surface area contributed by atoms with Crippen molar-refractivity contribution in [2.45, 2.75) is 45.8 Å². The highest BCUT2D eigenvalue weighted by Gasteiger charge is 2.33. The van der Waals surface area contributed by atoms with Crippen molar-refractivity contribution < 1.29 is 19.2 Å². The van der Waals surface area contributed by atoms with Crippen LogP contribution in [-0.2, 0) is 13.0 Å². The Kier molecular flexibility index (Phi) is 7.21. The molecule has 2 aromatic rings. The molecule has 2 atom stereocenters. The monoisotopic (exact) mass is 412 g/mol. The van der Waals surface area contributed by atoms with Crippen molar-refractivity contribution in [3.05, 3.63) is 58.7 Å². The molecule has 3 rings (SSSR count). The van der Waals surface area contributed by atoms with Crippen LogP contribution >= 0.6 is 0 Å².